The van der Waals surface area contributed by atoms with Crippen molar-refractivity contribution in [3.63, 3.8) is 0 Å². The van der Waals surface area contributed by atoms with Crippen molar-refractivity contribution < 1.29 is 14.1 Å². The van der Waals surface area contributed by atoms with Crippen molar-refractivity contribution in [1.82, 2.24) is 5.32 Å². The maximum atomic E-state index is 11.7. The zero-order valence-electron chi connectivity index (χ0n) is 12.1. The van der Waals surface area contributed by atoms with Gasteiger partial charge in [-0.05, 0) is 49.5 Å². The smallest absolute Gasteiger partial charge is 0.269 e. The molecule has 0 spiro atoms. The zero-order valence-corrected chi connectivity index (χ0v) is 12.9. The fourth-order valence-corrected chi connectivity index (χ4v) is 1.90. The van der Waals surface area contributed by atoms with Crippen LogP contribution in [-0.4, -0.2) is 15.9 Å². The van der Waals surface area contributed by atoms with E-state index in [-0.39, 0.29) is 10.8 Å². The molecule has 0 aliphatic carbocycles. The van der Waals surface area contributed by atoms with Gasteiger partial charge in [-0.3, -0.25) is 20.2 Å². The lowest BCUT2D eigenvalue weighted by molar-refractivity contribution is -0.384. The maximum absolute atomic E-state index is 11.7. The largest absolute Gasteiger partial charge is 0.462 e. The summed E-state index contributed by atoms with van der Waals surface area (Å²) in [4.78, 5) is 21.8. The van der Waals surface area contributed by atoms with Crippen LogP contribution >= 0.6 is 12.2 Å². The second-order valence-corrected chi connectivity index (χ2v) is 4.94. The lowest BCUT2D eigenvalue weighted by Crippen LogP contribution is -2.32. The number of hydrogen-bond acceptors (Lipinski definition) is 5. The molecule has 7 nitrogen and oxygen atoms in total. The van der Waals surface area contributed by atoms with Crippen LogP contribution in [0.2, 0.25) is 0 Å². The van der Waals surface area contributed by atoms with Crippen molar-refractivity contribution in [2.45, 2.75) is 6.92 Å². The van der Waals surface area contributed by atoms with E-state index in [2.05, 4.69) is 10.6 Å². The first kappa shape index (κ1) is 16.4. The Hall–Kier alpha value is -3.00. The highest BCUT2D eigenvalue weighted by Crippen LogP contribution is 2.15. The molecular formula is C15H13N3O4S. The average molecular weight is 331 g/mol. The number of benzene rings is 1. The van der Waals surface area contributed by atoms with E-state index in [4.69, 9.17) is 16.6 Å². The van der Waals surface area contributed by atoms with Crippen LogP contribution < -0.4 is 10.6 Å². The van der Waals surface area contributed by atoms with Crippen LogP contribution in [0, 0.1) is 17.0 Å². The summed E-state index contributed by atoms with van der Waals surface area (Å²) in [6.07, 6.45) is 2.82. The number of aryl methyl sites for hydroxylation is 1. The Morgan fingerprint density at radius 3 is 2.52 bits per heavy atom. The molecule has 23 heavy (non-hydrogen) atoms. The van der Waals surface area contributed by atoms with E-state index in [1.807, 2.05) is 0 Å². The number of amides is 1. The summed E-state index contributed by atoms with van der Waals surface area (Å²) >= 11 is 5.00. The van der Waals surface area contributed by atoms with Crippen LogP contribution in [0.4, 0.5) is 11.4 Å². The van der Waals surface area contributed by atoms with Crippen LogP contribution in [0.15, 0.2) is 46.9 Å². The molecule has 0 aliphatic rings. The van der Waals surface area contributed by atoms with Gasteiger partial charge in [0.1, 0.15) is 11.5 Å². The highest BCUT2D eigenvalue weighted by molar-refractivity contribution is 7.80. The zero-order chi connectivity index (χ0) is 16.8. The van der Waals surface area contributed by atoms with Crippen LogP contribution in [0.5, 0.6) is 0 Å². The summed E-state index contributed by atoms with van der Waals surface area (Å²) in [7, 11) is 0. The van der Waals surface area contributed by atoms with Crippen LogP contribution in [0.3, 0.4) is 0 Å². The molecule has 1 heterocycles. The maximum Gasteiger partial charge on any atom is 0.269 e. The van der Waals surface area contributed by atoms with Crippen LogP contribution in [0.25, 0.3) is 6.08 Å². The Morgan fingerprint density at radius 2 is 1.96 bits per heavy atom. The Kier molecular flexibility index (Phi) is 5.21. The van der Waals surface area contributed by atoms with E-state index in [9.17, 15) is 14.9 Å². The number of nitro benzene ring substituents is 1. The van der Waals surface area contributed by atoms with Gasteiger partial charge in [0.05, 0.1) is 4.92 Å². The first-order chi connectivity index (χ1) is 10.9. The Labute approximate surface area is 137 Å². The molecule has 0 radical (unpaired) electrons. The third kappa shape index (κ3) is 5.04. The van der Waals surface area contributed by atoms with Crippen LogP contribution in [0.1, 0.15) is 11.5 Å². The summed E-state index contributed by atoms with van der Waals surface area (Å²) < 4.78 is 5.29. The normalized spacial score (nSPS) is 10.5. The van der Waals surface area contributed by atoms with Crippen molar-refractivity contribution >= 4 is 40.7 Å². The van der Waals surface area contributed by atoms with Gasteiger partial charge in [-0.2, -0.15) is 0 Å². The summed E-state index contributed by atoms with van der Waals surface area (Å²) in [5.41, 5.74) is 0.508. The molecule has 118 valence electrons. The number of nitro groups is 1. The SMILES string of the molecule is Cc1ccc(/C=C/C(=O)NC(=S)Nc2ccc([N+](=O)[O-])cc2)o1. The number of hydrogen-bond donors (Lipinski definition) is 2. The quantitative estimate of drug-likeness (QED) is 0.387. The number of nitrogens with zero attached hydrogens (tertiary/aromatic N) is 1. The third-order valence-electron chi connectivity index (χ3n) is 2.73. The van der Waals surface area contributed by atoms with Gasteiger partial charge in [0.2, 0.25) is 5.91 Å². The molecule has 0 bridgehead atoms. The van der Waals surface area contributed by atoms with E-state index in [0.717, 1.165) is 5.76 Å². The minimum atomic E-state index is -0.495. The van der Waals surface area contributed by atoms with Gasteiger partial charge in [-0.25, -0.2) is 0 Å². The monoisotopic (exact) mass is 331 g/mol. The molecule has 1 aromatic heterocycles. The van der Waals surface area contributed by atoms with Crippen molar-refractivity contribution in [3.05, 3.63) is 64.1 Å². The number of carbonyl (C=O) groups excluding carboxylic acids is 1. The number of nitrogens with one attached hydrogen (secondary N) is 2. The molecule has 0 saturated carbocycles. The van der Waals surface area contributed by atoms with Gasteiger partial charge in [0.15, 0.2) is 5.11 Å². The molecule has 0 fully saturated rings. The first-order valence-corrected chi connectivity index (χ1v) is 6.96. The Morgan fingerprint density at radius 1 is 1.26 bits per heavy atom. The van der Waals surface area contributed by atoms with E-state index < -0.39 is 10.8 Å². The number of furan rings is 1. The summed E-state index contributed by atoms with van der Waals surface area (Å²) in [6.45, 7) is 1.81. The molecule has 0 aliphatic heterocycles. The van der Waals surface area contributed by atoms with Gasteiger partial charge >= 0.3 is 0 Å². The molecule has 2 N–H and O–H groups in total. The molecule has 8 heteroatoms. The van der Waals surface area contributed by atoms with Gasteiger partial charge in [-0.1, -0.05) is 0 Å². The molecule has 2 rings (SSSR count). The van der Waals surface area contributed by atoms with E-state index in [0.29, 0.717) is 11.4 Å². The van der Waals surface area contributed by atoms with E-state index in [1.54, 1.807) is 19.1 Å². The first-order valence-electron chi connectivity index (χ1n) is 6.55. The van der Waals surface area contributed by atoms with Gasteiger partial charge in [-0.15, -0.1) is 0 Å². The average Bonchev–Trinajstić information content (AvgIpc) is 2.91. The third-order valence-corrected chi connectivity index (χ3v) is 2.94. The van der Waals surface area contributed by atoms with E-state index >= 15 is 0 Å². The second kappa shape index (κ2) is 7.32. The fraction of sp³-hybridized carbons (Fsp3) is 0.0667. The fourth-order valence-electron chi connectivity index (χ4n) is 1.68. The highest BCUT2D eigenvalue weighted by Gasteiger charge is 2.06. The molecule has 1 amide bonds. The Bertz CT molecular complexity index is 765. The van der Waals surface area contributed by atoms with Gasteiger partial charge in [0, 0.05) is 23.9 Å². The summed E-state index contributed by atoms with van der Waals surface area (Å²) in [5.74, 6) is 0.894. The summed E-state index contributed by atoms with van der Waals surface area (Å²) in [6, 6.07) is 9.21. The number of thiocarbonyl (C=S) groups is 1. The molecule has 1 aromatic carbocycles. The lowest BCUT2D eigenvalue weighted by atomic mass is 10.3. The van der Waals surface area contributed by atoms with Crippen molar-refractivity contribution in [2.24, 2.45) is 0 Å². The predicted octanol–water partition coefficient (Wildman–Crippen LogP) is 3.02. The molecular weight excluding hydrogens is 318 g/mol. The minimum Gasteiger partial charge on any atom is -0.462 e. The number of anilines is 1. The van der Waals surface area contributed by atoms with E-state index in [1.165, 1.54) is 36.4 Å². The van der Waals surface area contributed by atoms with Crippen molar-refractivity contribution in [3.8, 4) is 0 Å². The standard InChI is InChI=1S/C15H13N3O4S/c1-10-2-7-13(22-10)8-9-14(19)17-15(23)16-11-3-5-12(6-4-11)18(20)21/h2-9H,1H3,(H2,16,17,19,23)/b9-8+. The second-order valence-electron chi connectivity index (χ2n) is 4.53. The summed E-state index contributed by atoms with van der Waals surface area (Å²) in [5, 5.41) is 15.9. The number of carbonyl (C=O) groups is 1. The Balaban J connectivity index is 1.87. The predicted molar refractivity (Wildman–Crippen MR) is 89.9 cm³/mol. The number of rotatable bonds is 4. The van der Waals surface area contributed by atoms with Crippen molar-refractivity contribution in [1.29, 1.82) is 0 Å². The minimum absolute atomic E-state index is 0.0258. The number of non-ortho nitro benzene ring substituents is 1. The van der Waals surface area contributed by atoms with Gasteiger partial charge < -0.3 is 9.73 Å². The molecule has 0 saturated heterocycles. The molecule has 0 atom stereocenters. The highest BCUT2D eigenvalue weighted by atomic mass is 32.1. The van der Waals surface area contributed by atoms with Gasteiger partial charge in [0.25, 0.3) is 5.69 Å². The lowest BCUT2D eigenvalue weighted by Gasteiger charge is -2.07. The molecule has 0 unspecified atom stereocenters. The van der Waals surface area contributed by atoms with Crippen molar-refractivity contribution in [2.75, 3.05) is 5.32 Å². The topological polar surface area (TPSA) is 97.4 Å². The molecule has 2 aromatic rings. The van der Waals surface area contributed by atoms with Crippen LogP contribution in [-0.2, 0) is 4.79 Å².